The van der Waals surface area contributed by atoms with Crippen LogP contribution in [0.3, 0.4) is 0 Å². The Hall–Kier alpha value is -2.93. The molecule has 1 amide bonds. The average Bonchev–Trinajstić information content (AvgIpc) is 3.49. The predicted octanol–water partition coefficient (Wildman–Crippen LogP) is 1.90. The Bertz CT molecular complexity index is 1190. The highest BCUT2D eigenvalue weighted by Gasteiger charge is 2.31. The van der Waals surface area contributed by atoms with E-state index in [1.807, 2.05) is 12.2 Å². The number of hydrogen-bond acceptors (Lipinski definition) is 5. The van der Waals surface area contributed by atoms with Crippen molar-refractivity contribution in [2.45, 2.75) is 43.2 Å². The number of aliphatic hydroxyl groups excluding tert-OH is 1. The number of nitrogens with zero attached hydrogens (tertiary/aromatic N) is 3. The number of likely N-dealkylation sites (tertiary alicyclic amines) is 1. The van der Waals surface area contributed by atoms with E-state index in [0.29, 0.717) is 44.6 Å². The molecule has 2 aliphatic rings. The van der Waals surface area contributed by atoms with E-state index in [4.69, 9.17) is 0 Å². The number of fused-ring (bicyclic) bond motifs is 1. The van der Waals surface area contributed by atoms with Crippen LogP contribution in [0.5, 0.6) is 0 Å². The van der Waals surface area contributed by atoms with Gasteiger partial charge in [-0.15, -0.1) is 0 Å². The monoisotopic (exact) mass is 468 g/mol. The normalized spacial score (nSPS) is 17.0. The summed E-state index contributed by atoms with van der Waals surface area (Å²) in [5.74, 6) is -0.106. The molecular formula is C24H28N4O4S. The van der Waals surface area contributed by atoms with Crippen molar-refractivity contribution < 1.29 is 18.3 Å². The van der Waals surface area contributed by atoms with Gasteiger partial charge < -0.3 is 14.6 Å². The van der Waals surface area contributed by atoms with Crippen molar-refractivity contribution in [2.75, 3.05) is 19.7 Å². The Kier molecular flexibility index (Phi) is 6.98. The van der Waals surface area contributed by atoms with E-state index in [2.05, 4.69) is 10.8 Å². The van der Waals surface area contributed by atoms with Crippen molar-refractivity contribution in [3.63, 3.8) is 0 Å². The van der Waals surface area contributed by atoms with E-state index >= 15 is 0 Å². The van der Waals surface area contributed by atoms with Crippen LogP contribution in [0.1, 0.15) is 36.1 Å². The highest BCUT2D eigenvalue weighted by molar-refractivity contribution is 7.89. The smallest absolute Gasteiger partial charge is 0.241 e. The molecular weight excluding hydrogens is 440 g/mol. The Balaban J connectivity index is 1.53. The number of hydrogen-bond donors (Lipinski definition) is 2. The van der Waals surface area contributed by atoms with Crippen LogP contribution in [0.15, 0.2) is 47.5 Å². The van der Waals surface area contributed by atoms with Gasteiger partial charge in [-0.05, 0) is 67.0 Å². The largest absolute Gasteiger partial charge is 0.396 e. The number of piperidine rings is 1. The minimum atomic E-state index is -3.93. The minimum Gasteiger partial charge on any atom is -0.396 e. The molecule has 1 aromatic carbocycles. The summed E-state index contributed by atoms with van der Waals surface area (Å²) in [6.45, 7) is 1.39. The van der Waals surface area contributed by atoms with E-state index in [0.717, 1.165) is 11.1 Å². The minimum absolute atomic E-state index is 0.0931. The highest BCUT2D eigenvalue weighted by atomic mass is 32.2. The van der Waals surface area contributed by atoms with Gasteiger partial charge >= 0.3 is 0 Å². The summed E-state index contributed by atoms with van der Waals surface area (Å²) in [6.07, 6.45) is 7.98. The number of nitriles is 1. The van der Waals surface area contributed by atoms with Crippen molar-refractivity contribution in [3.05, 3.63) is 59.4 Å². The number of aryl methyl sites for hydroxylation is 1. The van der Waals surface area contributed by atoms with Gasteiger partial charge in [-0.25, -0.2) is 8.42 Å². The molecule has 2 aromatic rings. The summed E-state index contributed by atoms with van der Waals surface area (Å²) in [5, 5.41) is 18.6. The lowest BCUT2D eigenvalue weighted by molar-refractivity contribution is -0.134. The lowest BCUT2D eigenvalue weighted by Gasteiger charge is -2.34. The molecule has 174 valence electrons. The first kappa shape index (κ1) is 23.2. The quantitative estimate of drug-likeness (QED) is 0.614. The zero-order valence-corrected chi connectivity index (χ0v) is 19.2. The maximum atomic E-state index is 13.4. The molecule has 0 bridgehead atoms. The Labute approximate surface area is 194 Å². The molecule has 1 aliphatic carbocycles. The molecule has 2 N–H and O–H groups in total. The summed E-state index contributed by atoms with van der Waals surface area (Å²) in [5.41, 5.74) is 2.40. The number of benzene rings is 1. The molecule has 0 radical (unpaired) electrons. The molecule has 1 atom stereocenters. The van der Waals surface area contributed by atoms with Crippen molar-refractivity contribution in [1.29, 1.82) is 5.26 Å². The number of carbonyl (C=O) groups excluding carboxylic acids is 1. The molecule has 8 nitrogen and oxygen atoms in total. The van der Waals surface area contributed by atoms with Crippen LogP contribution < -0.4 is 4.72 Å². The van der Waals surface area contributed by atoms with Crippen LogP contribution in [0.25, 0.3) is 6.08 Å². The van der Waals surface area contributed by atoms with Gasteiger partial charge in [0.2, 0.25) is 15.9 Å². The van der Waals surface area contributed by atoms with Crippen molar-refractivity contribution in [1.82, 2.24) is 14.2 Å². The van der Waals surface area contributed by atoms with Gasteiger partial charge in [-0.3, -0.25) is 4.79 Å². The SMILES string of the molecule is N#Cc1cccn1CCC(NS(=O)(=O)c1ccc2c(c1)CC=C2)C(=O)N1CCC(CO)CC1. The van der Waals surface area contributed by atoms with Gasteiger partial charge in [0.05, 0.1) is 4.90 Å². The number of aromatic nitrogens is 1. The van der Waals surface area contributed by atoms with E-state index in [1.165, 1.54) is 0 Å². The fourth-order valence-electron chi connectivity index (χ4n) is 4.42. The third-order valence-electron chi connectivity index (χ3n) is 6.44. The predicted molar refractivity (Wildman–Crippen MR) is 123 cm³/mol. The topological polar surface area (TPSA) is 115 Å². The number of carbonyl (C=O) groups is 1. The number of rotatable bonds is 8. The molecule has 1 saturated heterocycles. The second-order valence-electron chi connectivity index (χ2n) is 8.58. The lowest BCUT2D eigenvalue weighted by Crippen LogP contribution is -2.51. The molecule has 1 aliphatic heterocycles. The first-order chi connectivity index (χ1) is 15.9. The van der Waals surface area contributed by atoms with Crippen LogP contribution in [-0.2, 0) is 27.8 Å². The standard InChI is InChI=1S/C24H28N4O4S/c25-16-21-5-2-11-27(21)14-10-23(24(30)28-12-8-18(17-29)9-13-28)26-33(31,32)22-7-6-19-3-1-4-20(19)15-22/h1-3,5-7,11,15,18,23,26,29H,4,8-10,12-14,17H2. The lowest BCUT2D eigenvalue weighted by atomic mass is 9.97. The van der Waals surface area contributed by atoms with E-state index in [-0.39, 0.29) is 29.7 Å². The third kappa shape index (κ3) is 5.19. The van der Waals surface area contributed by atoms with Crippen LogP contribution in [-0.4, -0.2) is 54.6 Å². The molecule has 4 rings (SSSR count). The summed E-state index contributed by atoms with van der Waals surface area (Å²) in [6, 6.07) is 9.57. The van der Waals surface area contributed by atoms with Crippen molar-refractivity contribution in [2.24, 2.45) is 5.92 Å². The van der Waals surface area contributed by atoms with Crippen LogP contribution in [0, 0.1) is 17.2 Å². The summed E-state index contributed by atoms with van der Waals surface area (Å²) in [4.78, 5) is 15.2. The molecule has 1 unspecified atom stereocenters. The second kappa shape index (κ2) is 9.91. The average molecular weight is 469 g/mol. The second-order valence-corrected chi connectivity index (χ2v) is 10.3. The maximum absolute atomic E-state index is 13.4. The fourth-order valence-corrected chi connectivity index (χ4v) is 5.70. The first-order valence-corrected chi connectivity index (χ1v) is 12.7. The van der Waals surface area contributed by atoms with E-state index < -0.39 is 16.1 Å². The van der Waals surface area contributed by atoms with Crippen LogP contribution in [0.2, 0.25) is 0 Å². The van der Waals surface area contributed by atoms with E-state index in [1.54, 1.807) is 46.0 Å². The number of nitrogens with one attached hydrogen (secondary N) is 1. The van der Waals surface area contributed by atoms with Crippen LogP contribution in [0.4, 0.5) is 0 Å². The zero-order valence-electron chi connectivity index (χ0n) is 18.4. The number of amides is 1. The number of aliphatic hydroxyl groups is 1. The van der Waals surface area contributed by atoms with Crippen molar-refractivity contribution in [3.8, 4) is 6.07 Å². The number of allylic oxidation sites excluding steroid dienone is 1. The van der Waals surface area contributed by atoms with E-state index in [9.17, 15) is 23.6 Å². The molecule has 9 heteroatoms. The summed E-state index contributed by atoms with van der Waals surface area (Å²) < 4.78 is 30.8. The van der Waals surface area contributed by atoms with Gasteiger partial charge in [0.15, 0.2) is 0 Å². The molecule has 2 heterocycles. The summed E-state index contributed by atoms with van der Waals surface area (Å²) in [7, 11) is -3.93. The van der Waals surface area contributed by atoms with Gasteiger partial charge in [0.1, 0.15) is 17.8 Å². The third-order valence-corrected chi connectivity index (χ3v) is 7.91. The summed E-state index contributed by atoms with van der Waals surface area (Å²) >= 11 is 0. The van der Waals surface area contributed by atoms with Gasteiger partial charge in [-0.1, -0.05) is 18.2 Å². The molecule has 1 fully saturated rings. The zero-order chi connectivity index (χ0) is 23.4. The van der Waals surface area contributed by atoms with Crippen LogP contribution >= 0.6 is 0 Å². The maximum Gasteiger partial charge on any atom is 0.241 e. The van der Waals surface area contributed by atoms with Gasteiger partial charge in [-0.2, -0.15) is 9.98 Å². The highest BCUT2D eigenvalue weighted by Crippen LogP contribution is 2.24. The van der Waals surface area contributed by atoms with Gasteiger partial charge in [0.25, 0.3) is 0 Å². The number of sulfonamides is 1. The van der Waals surface area contributed by atoms with Gasteiger partial charge in [0, 0.05) is 32.4 Å². The molecule has 33 heavy (non-hydrogen) atoms. The first-order valence-electron chi connectivity index (χ1n) is 11.2. The molecule has 0 saturated carbocycles. The fraction of sp³-hybridized carbons (Fsp3) is 0.417. The Morgan fingerprint density at radius 3 is 2.79 bits per heavy atom. The Morgan fingerprint density at radius 1 is 1.27 bits per heavy atom. The Morgan fingerprint density at radius 2 is 2.06 bits per heavy atom. The molecule has 0 spiro atoms. The molecule has 1 aromatic heterocycles. The van der Waals surface area contributed by atoms with Crippen molar-refractivity contribution >= 4 is 22.0 Å².